The van der Waals surface area contributed by atoms with Crippen molar-refractivity contribution in [3.63, 3.8) is 0 Å². The van der Waals surface area contributed by atoms with E-state index in [0.717, 1.165) is 12.2 Å². The largest absolute Gasteiger partial charge is 0.494 e. The average molecular weight is 337 g/mol. The lowest BCUT2D eigenvalue weighted by Gasteiger charge is -2.16. The molecule has 0 aromatic heterocycles. The zero-order chi connectivity index (χ0) is 17.6. The van der Waals surface area contributed by atoms with Crippen molar-refractivity contribution < 1.29 is 9.53 Å². The first-order valence-corrected chi connectivity index (χ1v) is 9.22. The summed E-state index contributed by atoms with van der Waals surface area (Å²) >= 11 is 0. The molecule has 0 heterocycles. The van der Waals surface area contributed by atoms with Crippen molar-refractivity contribution in [2.24, 2.45) is 0 Å². The van der Waals surface area contributed by atoms with E-state index >= 15 is 0 Å². The van der Waals surface area contributed by atoms with E-state index in [0.29, 0.717) is 13.0 Å². The fraction of sp³-hybridized carbons (Fsp3) is 0.409. The third kappa shape index (κ3) is 4.85. The van der Waals surface area contributed by atoms with Crippen LogP contribution in [0.15, 0.2) is 42.5 Å². The first-order chi connectivity index (χ1) is 12.1. The summed E-state index contributed by atoms with van der Waals surface area (Å²) in [5.74, 6) is 0.943. The quantitative estimate of drug-likeness (QED) is 0.754. The van der Waals surface area contributed by atoms with Gasteiger partial charge in [-0.3, -0.25) is 4.79 Å². The molecule has 0 bridgehead atoms. The normalized spacial score (nSPS) is 14.0. The molecule has 2 aromatic carbocycles. The molecule has 132 valence electrons. The Morgan fingerprint density at radius 2 is 1.88 bits per heavy atom. The molecule has 1 aliphatic rings. The van der Waals surface area contributed by atoms with Crippen LogP contribution >= 0.6 is 0 Å². The van der Waals surface area contributed by atoms with Crippen LogP contribution in [0.2, 0.25) is 0 Å². The molecule has 1 atom stereocenters. The highest BCUT2D eigenvalue weighted by atomic mass is 16.5. The molecule has 25 heavy (non-hydrogen) atoms. The van der Waals surface area contributed by atoms with Crippen LogP contribution < -0.4 is 10.1 Å². The summed E-state index contributed by atoms with van der Waals surface area (Å²) < 4.78 is 5.67. The van der Waals surface area contributed by atoms with E-state index in [1.54, 1.807) is 0 Å². The topological polar surface area (TPSA) is 38.3 Å². The van der Waals surface area contributed by atoms with E-state index in [-0.39, 0.29) is 11.9 Å². The van der Waals surface area contributed by atoms with Crippen LogP contribution in [0.25, 0.3) is 0 Å². The minimum absolute atomic E-state index is 0.0522. The summed E-state index contributed by atoms with van der Waals surface area (Å²) in [6.07, 6.45) is 4.82. The summed E-state index contributed by atoms with van der Waals surface area (Å²) in [6, 6.07) is 14.7. The number of nitrogens with one attached hydrogen (secondary N) is 1. The van der Waals surface area contributed by atoms with Gasteiger partial charge in [0, 0.05) is 6.42 Å². The van der Waals surface area contributed by atoms with Gasteiger partial charge in [-0.15, -0.1) is 0 Å². The Balaban J connectivity index is 1.40. The maximum absolute atomic E-state index is 12.1. The lowest BCUT2D eigenvalue weighted by atomic mass is 10.0. The van der Waals surface area contributed by atoms with Crippen LogP contribution in [-0.2, 0) is 17.6 Å². The second kappa shape index (κ2) is 8.19. The van der Waals surface area contributed by atoms with E-state index in [1.165, 1.54) is 41.5 Å². The number of aryl methyl sites for hydroxylation is 3. The Morgan fingerprint density at radius 3 is 2.68 bits per heavy atom. The summed E-state index contributed by atoms with van der Waals surface area (Å²) in [4.78, 5) is 12.1. The van der Waals surface area contributed by atoms with Crippen molar-refractivity contribution in [3.8, 4) is 5.75 Å². The van der Waals surface area contributed by atoms with Gasteiger partial charge >= 0.3 is 0 Å². The van der Waals surface area contributed by atoms with Gasteiger partial charge in [-0.25, -0.2) is 0 Å². The van der Waals surface area contributed by atoms with Crippen molar-refractivity contribution >= 4 is 5.91 Å². The zero-order valence-electron chi connectivity index (χ0n) is 15.2. The molecule has 3 nitrogen and oxygen atoms in total. The Kier molecular flexibility index (Phi) is 5.75. The van der Waals surface area contributed by atoms with Crippen molar-refractivity contribution in [3.05, 3.63) is 64.7 Å². The average Bonchev–Trinajstić information content (AvgIpc) is 3.08. The molecular weight excluding hydrogens is 310 g/mol. The monoisotopic (exact) mass is 337 g/mol. The number of benzene rings is 2. The Hall–Kier alpha value is -2.29. The lowest BCUT2D eigenvalue weighted by molar-refractivity contribution is -0.121. The van der Waals surface area contributed by atoms with Crippen LogP contribution in [0.3, 0.4) is 0 Å². The first kappa shape index (κ1) is 17.5. The molecule has 1 N–H and O–H groups in total. The van der Waals surface area contributed by atoms with Crippen LogP contribution in [0.4, 0.5) is 0 Å². The van der Waals surface area contributed by atoms with E-state index in [1.807, 2.05) is 24.3 Å². The number of hydrogen-bond donors (Lipinski definition) is 1. The minimum Gasteiger partial charge on any atom is -0.494 e. The van der Waals surface area contributed by atoms with Crippen LogP contribution in [0.1, 0.15) is 54.5 Å². The molecule has 0 saturated carbocycles. The van der Waals surface area contributed by atoms with Gasteiger partial charge in [-0.05, 0) is 68.4 Å². The highest BCUT2D eigenvalue weighted by Crippen LogP contribution is 2.25. The third-order valence-electron chi connectivity index (χ3n) is 4.84. The maximum atomic E-state index is 12.1. The molecule has 0 spiro atoms. The summed E-state index contributed by atoms with van der Waals surface area (Å²) in [5, 5.41) is 3.10. The number of carbonyl (C=O) groups is 1. The second-order valence-corrected chi connectivity index (χ2v) is 6.94. The van der Waals surface area contributed by atoms with E-state index in [2.05, 4.69) is 37.4 Å². The number of ether oxygens (including phenoxy) is 1. The van der Waals surface area contributed by atoms with Gasteiger partial charge in [0.05, 0.1) is 12.6 Å². The molecule has 1 unspecified atom stereocenters. The predicted octanol–water partition coefficient (Wildman–Crippen LogP) is 4.52. The molecule has 0 aliphatic heterocycles. The smallest absolute Gasteiger partial charge is 0.220 e. The van der Waals surface area contributed by atoms with Gasteiger partial charge in [-0.1, -0.05) is 35.9 Å². The van der Waals surface area contributed by atoms with Crippen molar-refractivity contribution in [2.75, 3.05) is 6.61 Å². The summed E-state index contributed by atoms with van der Waals surface area (Å²) in [5.41, 5.74) is 5.33. The molecule has 3 rings (SSSR count). The molecule has 0 fully saturated rings. The molecule has 1 amide bonds. The molecule has 3 heteroatoms. The van der Waals surface area contributed by atoms with Crippen molar-refractivity contribution in [1.29, 1.82) is 0 Å². The SMILES string of the molecule is Cc1ccc(OCCCC(=O)NC(C)c2ccc3c(c2)CCC3)cc1. The maximum Gasteiger partial charge on any atom is 0.220 e. The minimum atomic E-state index is 0.0522. The van der Waals surface area contributed by atoms with Gasteiger partial charge in [0.1, 0.15) is 5.75 Å². The van der Waals surface area contributed by atoms with E-state index < -0.39 is 0 Å². The number of hydrogen-bond acceptors (Lipinski definition) is 2. The highest BCUT2D eigenvalue weighted by Gasteiger charge is 2.14. The molecule has 0 saturated heterocycles. The summed E-state index contributed by atoms with van der Waals surface area (Å²) in [7, 11) is 0. The Bertz CT molecular complexity index is 721. The number of amides is 1. The number of fused-ring (bicyclic) bond motifs is 1. The Labute approximate surface area is 150 Å². The molecule has 0 radical (unpaired) electrons. The third-order valence-corrected chi connectivity index (χ3v) is 4.84. The fourth-order valence-electron chi connectivity index (χ4n) is 3.32. The van der Waals surface area contributed by atoms with Gasteiger partial charge in [-0.2, -0.15) is 0 Å². The van der Waals surface area contributed by atoms with Crippen molar-refractivity contribution in [1.82, 2.24) is 5.32 Å². The fourth-order valence-corrected chi connectivity index (χ4v) is 3.32. The molecule has 1 aliphatic carbocycles. The molecule has 2 aromatic rings. The lowest BCUT2D eigenvalue weighted by Crippen LogP contribution is -2.26. The van der Waals surface area contributed by atoms with Gasteiger partial charge in [0.2, 0.25) is 5.91 Å². The van der Waals surface area contributed by atoms with Crippen LogP contribution in [-0.4, -0.2) is 12.5 Å². The predicted molar refractivity (Wildman–Crippen MR) is 101 cm³/mol. The van der Waals surface area contributed by atoms with Gasteiger partial charge < -0.3 is 10.1 Å². The standard InChI is InChI=1S/C22H27NO2/c1-16-8-12-21(13-9-16)25-14-4-7-22(24)23-17(2)19-11-10-18-5-3-6-20(18)15-19/h8-13,15,17H,3-7,14H2,1-2H3,(H,23,24). The number of carbonyl (C=O) groups excluding carboxylic acids is 1. The van der Waals surface area contributed by atoms with E-state index in [9.17, 15) is 4.79 Å². The Morgan fingerprint density at radius 1 is 1.12 bits per heavy atom. The van der Waals surface area contributed by atoms with Crippen LogP contribution in [0, 0.1) is 6.92 Å². The highest BCUT2D eigenvalue weighted by molar-refractivity contribution is 5.76. The van der Waals surface area contributed by atoms with Crippen LogP contribution in [0.5, 0.6) is 5.75 Å². The molecular formula is C22H27NO2. The van der Waals surface area contributed by atoms with Gasteiger partial charge in [0.25, 0.3) is 0 Å². The first-order valence-electron chi connectivity index (χ1n) is 9.22. The zero-order valence-corrected chi connectivity index (χ0v) is 15.2. The van der Waals surface area contributed by atoms with Crippen molar-refractivity contribution in [2.45, 2.75) is 52.0 Å². The second-order valence-electron chi connectivity index (χ2n) is 6.94. The number of rotatable bonds is 7. The van der Waals surface area contributed by atoms with Gasteiger partial charge in [0.15, 0.2) is 0 Å². The summed E-state index contributed by atoms with van der Waals surface area (Å²) in [6.45, 7) is 4.66. The van der Waals surface area contributed by atoms with E-state index in [4.69, 9.17) is 4.74 Å².